The molecule has 0 saturated heterocycles. The number of hydrogen-bond donors (Lipinski definition) is 1. The summed E-state index contributed by atoms with van der Waals surface area (Å²) in [5.41, 5.74) is 2.27. The van der Waals surface area contributed by atoms with Gasteiger partial charge in [-0.25, -0.2) is 8.42 Å². The molecule has 1 amide bonds. The van der Waals surface area contributed by atoms with E-state index in [4.69, 9.17) is 9.47 Å². The number of rotatable bonds is 9. The fourth-order valence-electron chi connectivity index (χ4n) is 3.25. The second kappa shape index (κ2) is 9.76. The molecule has 1 aliphatic rings. The number of para-hydroxylation sites is 2. The number of carbonyl (C=O) groups is 1. The van der Waals surface area contributed by atoms with Gasteiger partial charge in [0.15, 0.2) is 18.1 Å². The smallest absolute Gasteiger partial charge is 0.257 e. The standard InChI is InChI=1S/C21H26N2O5S/c1-27-19-9-4-5-10-20(19)28-16-21(24)22-12-6-14-29(25,26)23-13-11-17-7-2-3-8-18(17)15-23/h2-5,7-10H,6,11-16H2,1H3,(H,22,24). The first-order valence-electron chi connectivity index (χ1n) is 9.57. The molecule has 1 heterocycles. The number of nitrogens with zero attached hydrogens (tertiary/aromatic N) is 1. The lowest BCUT2D eigenvalue weighted by atomic mass is 10.0. The molecule has 1 aliphatic heterocycles. The zero-order valence-corrected chi connectivity index (χ0v) is 17.3. The fourth-order valence-corrected chi connectivity index (χ4v) is 4.72. The zero-order valence-electron chi connectivity index (χ0n) is 16.5. The van der Waals surface area contributed by atoms with Crippen molar-refractivity contribution in [1.29, 1.82) is 0 Å². The molecule has 0 bridgehead atoms. The first-order chi connectivity index (χ1) is 14.0. The molecule has 0 unspecified atom stereocenters. The van der Waals surface area contributed by atoms with Gasteiger partial charge >= 0.3 is 0 Å². The number of sulfonamides is 1. The van der Waals surface area contributed by atoms with Gasteiger partial charge < -0.3 is 14.8 Å². The van der Waals surface area contributed by atoms with E-state index >= 15 is 0 Å². The van der Waals surface area contributed by atoms with Crippen LogP contribution in [0.2, 0.25) is 0 Å². The zero-order chi connectivity index (χ0) is 20.7. The molecule has 0 fully saturated rings. The molecule has 1 N–H and O–H groups in total. The number of methoxy groups -OCH3 is 1. The van der Waals surface area contributed by atoms with Crippen LogP contribution in [-0.4, -0.2) is 51.2 Å². The Kier molecular flexibility index (Phi) is 7.11. The van der Waals surface area contributed by atoms with Gasteiger partial charge in [-0.3, -0.25) is 4.79 Å². The summed E-state index contributed by atoms with van der Waals surface area (Å²) in [6.07, 6.45) is 1.08. The summed E-state index contributed by atoms with van der Waals surface area (Å²) >= 11 is 0. The summed E-state index contributed by atoms with van der Waals surface area (Å²) in [5.74, 6) is 0.732. The number of ether oxygens (including phenoxy) is 2. The van der Waals surface area contributed by atoms with Gasteiger partial charge in [0.1, 0.15) is 0 Å². The Morgan fingerprint density at radius 2 is 1.76 bits per heavy atom. The lowest BCUT2D eigenvalue weighted by Gasteiger charge is -2.28. The molecule has 0 radical (unpaired) electrons. The molecule has 0 aliphatic carbocycles. The first kappa shape index (κ1) is 21.1. The van der Waals surface area contributed by atoms with Crippen molar-refractivity contribution in [3.63, 3.8) is 0 Å². The normalized spacial score (nSPS) is 14.1. The third-order valence-electron chi connectivity index (χ3n) is 4.82. The highest BCUT2D eigenvalue weighted by Crippen LogP contribution is 2.25. The molecule has 156 valence electrons. The number of hydrogen-bond acceptors (Lipinski definition) is 5. The molecule has 3 rings (SSSR count). The van der Waals surface area contributed by atoms with Crippen LogP contribution in [0, 0.1) is 0 Å². The first-order valence-corrected chi connectivity index (χ1v) is 11.2. The van der Waals surface area contributed by atoms with Gasteiger partial charge in [-0.2, -0.15) is 4.31 Å². The van der Waals surface area contributed by atoms with Crippen LogP contribution >= 0.6 is 0 Å². The van der Waals surface area contributed by atoms with Gasteiger partial charge in [0, 0.05) is 19.6 Å². The lowest BCUT2D eigenvalue weighted by Crippen LogP contribution is -2.38. The Morgan fingerprint density at radius 1 is 1.07 bits per heavy atom. The average Bonchev–Trinajstić information content (AvgIpc) is 2.75. The van der Waals surface area contributed by atoms with E-state index in [1.807, 2.05) is 30.3 Å². The highest BCUT2D eigenvalue weighted by atomic mass is 32.2. The summed E-state index contributed by atoms with van der Waals surface area (Å²) in [4.78, 5) is 11.9. The van der Waals surface area contributed by atoms with E-state index in [2.05, 4.69) is 5.32 Å². The predicted octanol–water partition coefficient (Wildman–Crippen LogP) is 1.97. The molecule has 2 aromatic rings. The van der Waals surface area contributed by atoms with E-state index in [1.54, 1.807) is 18.2 Å². The molecule has 2 aromatic carbocycles. The summed E-state index contributed by atoms with van der Waals surface area (Å²) in [6.45, 7) is 1.03. The summed E-state index contributed by atoms with van der Waals surface area (Å²) in [6, 6.07) is 15.0. The van der Waals surface area contributed by atoms with Crippen molar-refractivity contribution in [3.8, 4) is 11.5 Å². The molecule has 8 heteroatoms. The maximum atomic E-state index is 12.6. The quantitative estimate of drug-likeness (QED) is 0.630. The highest BCUT2D eigenvalue weighted by Gasteiger charge is 2.26. The van der Waals surface area contributed by atoms with Crippen LogP contribution in [0.4, 0.5) is 0 Å². The largest absolute Gasteiger partial charge is 0.493 e. The van der Waals surface area contributed by atoms with Crippen molar-refractivity contribution in [3.05, 3.63) is 59.7 Å². The van der Waals surface area contributed by atoms with E-state index in [1.165, 1.54) is 17.0 Å². The van der Waals surface area contributed by atoms with Gasteiger partial charge in [-0.1, -0.05) is 36.4 Å². The second-order valence-corrected chi connectivity index (χ2v) is 8.90. The van der Waals surface area contributed by atoms with Gasteiger partial charge in [0.2, 0.25) is 10.0 Å². The molecule has 0 spiro atoms. The molecule has 0 aromatic heterocycles. The number of fused-ring (bicyclic) bond motifs is 1. The van der Waals surface area contributed by atoms with Crippen LogP contribution in [-0.2, 0) is 27.8 Å². The number of amides is 1. The van der Waals surface area contributed by atoms with E-state index in [9.17, 15) is 13.2 Å². The number of carbonyl (C=O) groups excluding carboxylic acids is 1. The SMILES string of the molecule is COc1ccccc1OCC(=O)NCCCS(=O)(=O)N1CCc2ccccc2C1. The Balaban J connectivity index is 1.40. The fraction of sp³-hybridized carbons (Fsp3) is 0.381. The second-order valence-electron chi connectivity index (χ2n) is 6.81. The van der Waals surface area contributed by atoms with Gasteiger partial charge in [0.05, 0.1) is 12.9 Å². The van der Waals surface area contributed by atoms with Crippen LogP contribution in [0.1, 0.15) is 17.5 Å². The van der Waals surface area contributed by atoms with Crippen LogP contribution < -0.4 is 14.8 Å². The molecule has 29 heavy (non-hydrogen) atoms. The van der Waals surface area contributed by atoms with Crippen molar-refractivity contribution in [2.24, 2.45) is 0 Å². The van der Waals surface area contributed by atoms with Crippen molar-refractivity contribution in [2.45, 2.75) is 19.4 Å². The molecule has 7 nitrogen and oxygen atoms in total. The highest BCUT2D eigenvalue weighted by molar-refractivity contribution is 7.89. The molecular weight excluding hydrogens is 392 g/mol. The Labute approximate surface area is 171 Å². The number of benzene rings is 2. The lowest BCUT2D eigenvalue weighted by molar-refractivity contribution is -0.123. The third-order valence-corrected chi connectivity index (χ3v) is 6.72. The minimum Gasteiger partial charge on any atom is -0.493 e. The van der Waals surface area contributed by atoms with Crippen LogP contribution in [0.5, 0.6) is 11.5 Å². The average molecular weight is 419 g/mol. The van der Waals surface area contributed by atoms with Crippen LogP contribution in [0.3, 0.4) is 0 Å². The van der Waals surface area contributed by atoms with E-state index in [0.717, 1.165) is 12.0 Å². The van der Waals surface area contributed by atoms with Crippen LogP contribution in [0.15, 0.2) is 48.5 Å². The topological polar surface area (TPSA) is 84.9 Å². The van der Waals surface area contributed by atoms with Crippen molar-refractivity contribution in [2.75, 3.05) is 32.6 Å². The third kappa shape index (κ3) is 5.71. The number of nitrogens with one attached hydrogen (secondary N) is 1. The monoisotopic (exact) mass is 418 g/mol. The van der Waals surface area contributed by atoms with Crippen molar-refractivity contribution < 1.29 is 22.7 Å². The van der Waals surface area contributed by atoms with E-state index < -0.39 is 10.0 Å². The Morgan fingerprint density at radius 3 is 2.52 bits per heavy atom. The van der Waals surface area contributed by atoms with Gasteiger partial charge in [-0.05, 0) is 36.1 Å². The van der Waals surface area contributed by atoms with Gasteiger partial charge in [0.25, 0.3) is 5.91 Å². The summed E-state index contributed by atoms with van der Waals surface area (Å²) in [5, 5.41) is 2.69. The minimum absolute atomic E-state index is 0.00279. The van der Waals surface area contributed by atoms with Crippen molar-refractivity contribution in [1.82, 2.24) is 9.62 Å². The minimum atomic E-state index is -3.35. The Hall–Kier alpha value is -2.58. The predicted molar refractivity (Wildman–Crippen MR) is 110 cm³/mol. The van der Waals surface area contributed by atoms with Crippen molar-refractivity contribution >= 4 is 15.9 Å². The van der Waals surface area contributed by atoms with Crippen LogP contribution in [0.25, 0.3) is 0 Å². The maximum Gasteiger partial charge on any atom is 0.257 e. The summed E-state index contributed by atoms with van der Waals surface area (Å²) < 4.78 is 37.3. The van der Waals surface area contributed by atoms with Gasteiger partial charge in [-0.15, -0.1) is 0 Å². The Bertz CT molecular complexity index is 946. The molecule has 0 saturated carbocycles. The maximum absolute atomic E-state index is 12.6. The van der Waals surface area contributed by atoms with E-state index in [-0.39, 0.29) is 24.8 Å². The molecular formula is C21H26N2O5S. The molecule has 0 atom stereocenters. The summed E-state index contributed by atoms with van der Waals surface area (Å²) in [7, 11) is -1.82. The van der Waals surface area contributed by atoms with E-state index in [0.29, 0.717) is 31.0 Å².